The maximum atomic E-state index is 11.9. The largest absolute Gasteiger partial charge is 0.465 e. The lowest BCUT2D eigenvalue weighted by Crippen LogP contribution is -2.37. The SMILES string of the molecule is CCOC(=O)CN(C(=O)CN=[N+]=[N-])c1ccccc1. The molecule has 0 aromatic heterocycles. The fourth-order valence-electron chi connectivity index (χ4n) is 1.44. The molecule has 0 spiro atoms. The third-order valence-electron chi connectivity index (χ3n) is 2.23. The minimum atomic E-state index is -0.513. The van der Waals surface area contributed by atoms with E-state index in [2.05, 4.69) is 10.0 Å². The van der Waals surface area contributed by atoms with Crippen molar-refractivity contribution in [1.29, 1.82) is 0 Å². The Morgan fingerprint density at radius 2 is 2.05 bits per heavy atom. The van der Waals surface area contributed by atoms with Crippen LogP contribution in [-0.2, 0) is 14.3 Å². The Balaban J connectivity index is 2.87. The Labute approximate surface area is 110 Å². The number of para-hydroxylation sites is 1. The molecule has 7 nitrogen and oxygen atoms in total. The molecule has 0 aliphatic carbocycles. The van der Waals surface area contributed by atoms with E-state index in [-0.39, 0.29) is 19.7 Å². The van der Waals surface area contributed by atoms with Crippen molar-refractivity contribution in [2.75, 3.05) is 24.6 Å². The summed E-state index contributed by atoms with van der Waals surface area (Å²) in [6.07, 6.45) is 0. The highest BCUT2D eigenvalue weighted by molar-refractivity contribution is 5.98. The number of amides is 1. The van der Waals surface area contributed by atoms with Gasteiger partial charge in [0.25, 0.3) is 0 Å². The lowest BCUT2D eigenvalue weighted by Gasteiger charge is -2.21. The van der Waals surface area contributed by atoms with Crippen LogP contribution in [0.3, 0.4) is 0 Å². The maximum Gasteiger partial charge on any atom is 0.326 e. The van der Waals surface area contributed by atoms with Crippen LogP contribution in [0.4, 0.5) is 5.69 Å². The van der Waals surface area contributed by atoms with Crippen molar-refractivity contribution in [2.24, 2.45) is 5.11 Å². The van der Waals surface area contributed by atoms with Crippen molar-refractivity contribution in [3.8, 4) is 0 Å². The molecule has 0 saturated heterocycles. The monoisotopic (exact) mass is 262 g/mol. The van der Waals surface area contributed by atoms with Gasteiger partial charge in [-0.25, -0.2) is 0 Å². The molecule has 0 bridgehead atoms. The molecular formula is C12H14N4O3. The zero-order valence-electron chi connectivity index (χ0n) is 10.5. The summed E-state index contributed by atoms with van der Waals surface area (Å²) in [4.78, 5) is 27.1. The average Bonchev–Trinajstić information content (AvgIpc) is 2.43. The number of nitrogens with zero attached hydrogens (tertiary/aromatic N) is 4. The summed E-state index contributed by atoms with van der Waals surface area (Å²) in [5.74, 6) is -0.974. The number of carbonyl (C=O) groups excluding carboxylic acids is 2. The Bertz CT molecular complexity index is 483. The van der Waals surface area contributed by atoms with E-state index in [0.29, 0.717) is 5.69 Å². The van der Waals surface area contributed by atoms with Crippen LogP contribution in [0.15, 0.2) is 35.4 Å². The molecule has 0 radical (unpaired) electrons. The van der Waals surface area contributed by atoms with Gasteiger partial charge in [-0.05, 0) is 24.6 Å². The van der Waals surface area contributed by atoms with Gasteiger partial charge in [-0.15, -0.1) is 0 Å². The fraction of sp³-hybridized carbons (Fsp3) is 0.333. The molecule has 1 rings (SSSR count). The summed E-state index contributed by atoms with van der Waals surface area (Å²) in [5, 5.41) is 3.21. The van der Waals surface area contributed by atoms with E-state index < -0.39 is 11.9 Å². The van der Waals surface area contributed by atoms with Gasteiger partial charge in [0.2, 0.25) is 5.91 Å². The number of benzene rings is 1. The van der Waals surface area contributed by atoms with Crippen LogP contribution in [0.5, 0.6) is 0 Å². The predicted octanol–water partition coefficient (Wildman–Crippen LogP) is 1.89. The van der Waals surface area contributed by atoms with Gasteiger partial charge in [-0.3, -0.25) is 9.59 Å². The van der Waals surface area contributed by atoms with Crippen LogP contribution in [0.2, 0.25) is 0 Å². The lowest BCUT2D eigenvalue weighted by molar-refractivity contribution is -0.142. The number of anilines is 1. The van der Waals surface area contributed by atoms with Crippen LogP contribution < -0.4 is 4.90 Å². The first-order chi connectivity index (χ1) is 9.19. The van der Waals surface area contributed by atoms with Crippen LogP contribution in [0.1, 0.15) is 6.92 Å². The van der Waals surface area contributed by atoms with Crippen LogP contribution in [-0.4, -0.2) is 31.6 Å². The van der Waals surface area contributed by atoms with Crippen molar-refractivity contribution < 1.29 is 14.3 Å². The van der Waals surface area contributed by atoms with E-state index in [9.17, 15) is 9.59 Å². The third-order valence-corrected chi connectivity index (χ3v) is 2.23. The Kier molecular flexibility index (Phi) is 5.91. The highest BCUT2D eigenvalue weighted by atomic mass is 16.5. The molecule has 0 aliphatic heterocycles. The molecule has 100 valence electrons. The number of hydrogen-bond acceptors (Lipinski definition) is 4. The Morgan fingerprint density at radius 1 is 1.37 bits per heavy atom. The Morgan fingerprint density at radius 3 is 2.63 bits per heavy atom. The maximum absolute atomic E-state index is 11.9. The third kappa shape index (κ3) is 4.69. The van der Waals surface area contributed by atoms with Crippen LogP contribution in [0, 0.1) is 0 Å². The topological polar surface area (TPSA) is 95.4 Å². The fourth-order valence-corrected chi connectivity index (χ4v) is 1.44. The molecule has 1 aromatic rings. The molecule has 1 amide bonds. The van der Waals surface area contributed by atoms with E-state index >= 15 is 0 Å². The van der Waals surface area contributed by atoms with E-state index in [1.165, 1.54) is 4.90 Å². The van der Waals surface area contributed by atoms with Crippen molar-refractivity contribution in [3.05, 3.63) is 40.8 Å². The average molecular weight is 262 g/mol. The predicted molar refractivity (Wildman–Crippen MR) is 69.4 cm³/mol. The second-order valence-corrected chi connectivity index (χ2v) is 3.51. The van der Waals surface area contributed by atoms with Crippen molar-refractivity contribution in [2.45, 2.75) is 6.92 Å². The zero-order chi connectivity index (χ0) is 14.1. The standard InChI is InChI=1S/C12H14N4O3/c1-2-19-12(18)9-16(11(17)8-14-15-13)10-6-4-3-5-7-10/h3-7H,2,8-9H2,1H3. The number of azide groups is 1. The molecule has 19 heavy (non-hydrogen) atoms. The first kappa shape index (κ1) is 14.5. The highest BCUT2D eigenvalue weighted by Gasteiger charge is 2.18. The molecular weight excluding hydrogens is 248 g/mol. The zero-order valence-corrected chi connectivity index (χ0v) is 10.5. The van der Waals surface area contributed by atoms with Gasteiger partial charge in [-0.2, -0.15) is 0 Å². The quantitative estimate of drug-likeness (QED) is 0.339. The number of hydrogen-bond donors (Lipinski definition) is 0. The molecule has 7 heteroatoms. The van der Waals surface area contributed by atoms with Gasteiger partial charge >= 0.3 is 5.97 Å². The van der Waals surface area contributed by atoms with Gasteiger partial charge in [0.15, 0.2) is 0 Å². The van der Waals surface area contributed by atoms with Gasteiger partial charge in [0, 0.05) is 10.6 Å². The summed E-state index contributed by atoms with van der Waals surface area (Å²) in [6.45, 7) is 1.38. The minimum absolute atomic E-state index is 0.211. The molecule has 0 aliphatic rings. The highest BCUT2D eigenvalue weighted by Crippen LogP contribution is 2.13. The number of esters is 1. The summed E-state index contributed by atoms with van der Waals surface area (Å²) >= 11 is 0. The van der Waals surface area contributed by atoms with Gasteiger partial charge < -0.3 is 9.64 Å². The first-order valence-corrected chi connectivity index (χ1v) is 5.71. The van der Waals surface area contributed by atoms with E-state index in [4.69, 9.17) is 10.3 Å². The second kappa shape index (κ2) is 7.73. The second-order valence-electron chi connectivity index (χ2n) is 3.51. The molecule has 0 saturated carbocycles. The summed E-state index contributed by atoms with van der Waals surface area (Å²) in [7, 11) is 0. The molecule has 0 unspecified atom stereocenters. The number of rotatable bonds is 6. The van der Waals surface area contributed by atoms with Crippen LogP contribution in [0.25, 0.3) is 10.4 Å². The van der Waals surface area contributed by atoms with Gasteiger partial charge in [-0.1, -0.05) is 23.3 Å². The molecule has 0 fully saturated rings. The van der Waals surface area contributed by atoms with Crippen molar-refractivity contribution in [3.63, 3.8) is 0 Å². The number of carbonyl (C=O) groups is 2. The summed E-state index contributed by atoms with van der Waals surface area (Å²) in [5.41, 5.74) is 8.78. The normalized spacial score (nSPS) is 9.32. The lowest BCUT2D eigenvalue weighted by atomic mass is 10.3. The first-order valence-electron chi connectivity index (χ1n) is 5.71. The summed E-state index contributed by atoms with van der Waals surface area (Å²) in [6, 6.07) is 8.66. The smallest absolute Gasteiger partial charge is 0.326 e. The minimum Gasteiger partial charge on any atom is -0.465 e. The molecule has 0 atom stereocenters. The van der Waals surface area contributed by atoms with E-state index in [0.717, 1.165) is 0 Å². The van der Waals surface area contributed by atoms with Gasteiger partial charge in [0.1, 0.15) is 13.1 Å². The van der Waals surface area contributed by atoms with E-state index in [1.807, 2.05) is 0 Å². The van der Waals surface area contributed by atoms with Crippen molar-refractivity contribution >= 4 is 17.6 Å². The Hall–Kier alpha value is -2.53. The van der Waals surface area contributed by atoms with Crippen molar-refractivity contribution in [1.82, 2.24) is 0 Å². The summed E-state index contributed by atoms with van der Waals surface area (Å²) < 4.78 is 4.81. The molecule has 0 heterocycles. The number of ether oxygens (including phenoxy) is 1. The molecule has 1 aromatic carbocycles. The van der Waals surface area contributed by atoms with Gasteiger partial charge in [0.05, 0.1) is 6.61 Å². The molecule has 0 N–H and O–H groups in total. The van der Waals surface area contributed by atoms with Crippen LogP contribution >= 0.6 is 0 Å². The van der Waals surface area contributed by atoms with E-state index in [1.54, 1.807) is 37.3 Å².